The Bertz CT molecular complexity index is 3010. The fourth-order valence-electron chi connectivity index (χ4n) is 13.7. The van der Waals surface area contributed by atoms with Crippen LogP contribution < -0.4 is 21.3 Å². The average molecular weight is 1580 g/mol. The zero-order chi connectivity index (χ0) is 80.8. The Morgan fingerprint density at radius 1 is 0.380 bits per heavy atom. The van der Waals surface area contributed by atoms with Crippen molar-refractivity contribution >= 4 is 41.5 Å². The Labute approximate surface area is 609 Å². The van der Waals surface area contributed by atoms with E-state index in [-0.39, 0.29) is 0 Å². The molecule has 7 rings (SSSR count). The van der Waals surface area contributed by atoms with Crippen molar-refractivity contribution in [1.82, 2.24) is 21.3 Å². The predicted molar refractivity (Wildman–Crippen MR) is 330 cm³/mol. The zero-order valence-corrected chi connectivity index (χ0v) is 57.6. The van der Waals surface area contributed by atoms with Crippen LogP contribution in [0.4, 0.5) is 0 Å². The maximum Gasteiger partial charge on any atom is 0.364 e. The molecule has 7 fully saturated rings. The number of nitrogens with one attached hydrogen (secondary N) is 4. The van der Waals surface area contributed by atoms with E-state index in [2.05, 4.69) is 21.3 Å². The number of hydrogen-bond acceptors (Lipinski definition) is 42. The molecule has 38 atom stereocenters. The summed E-state index contributed by atoms with van der Waals surface area (Å²) in [6, 6.07) is -8.01. The highest BCUT2D eigenvalue weighted by Gasteiger charge is 2.66. The molecule has 0 radical (unpaired) electrons. The van der Waals surface area contributed by atoms with Crippen molar-refractivity contribution in [3.8, 4) is 0 Å². The van der Waals surface area contributed by atoms with E-state index in [0.29, 0.717) is 0 Å². The summed E-state index contributed by atoms with van der Waals surface area (Å²) in [4.78, 5) is 91.6. The maximum absolute atomic E-state index is 14.2. The van der Waals surface area contributed by atoms with Gasteiger partial charge in [0.2, 0.25) is 23.6 Å². The van der Waals surface area contributed by atoms with Crippen molar-refractivity contribution < 1.29 is 223 Å². The molecule has 4 amide bonds. The van der Waals surface area contributed by atoms with E-state index < -0.39 is 339 Å². The molecule has 7 aliphatic rings. The summed E-state index contributed by atoms with van der Waals surface area (Å²) in [6.07, 6.45) is -77.8. The molecule has 622 valence electrons. The number of hydrogen-bond donors (Lipinski definition) is 29. The quantitative estimate of drug-likeness (QED) is 0.0297. The van der Waals surface area contributed by atoms with Gasteiger partial charge in [-0.3, -0.25) is 19.2 Å². The van der Waals surface area contributed by atoms with Gasteiger partial charge in [-0.1, -0.05) is 0 Å². The molecule has 7 heterocycles. The summed E-state index contributed by atoms with van der Waals surface area (Å²) < 4.78 is 75.7. The van der Waals surface area contributed by atoms with Gasteiger partial charge in [-0.05, 0) is 0 Å². The molecule has 0 aromatic rings. The SMILES string of the molecule is CC(=O)N[C@H]1[C@H](O[C@@H]2[C@H](O[C@]3(C(=O)O)C[C@H](O)[C@@H](NC(C)=O)[C@H]([C@H](O)[C@@H](CO)O[C@]4(C(=O)O)C[C@H](O)[C@@H](NC(C)=O)[C@H]([C@H](O)[C@H](O)CO)O4)O3)[C@@H](O)[C@H](O[C@H]3[C@H](O)[C@@H](O)[C@@H](O)O[C@@H]3CO)O[C@@H]2CO)O[C@H](CO)[C@H](O)[C@@H]1O[C@@H]1O[C@H](CO)[C@H](O)[C@H](O[C@]2(C(=O)O)C[C@H](O)[C@@H](NC(C)=O)[C@H]([C@H](O)[C@H](O)CO)O2)[C@H]1O. The number of amides is 4. The Morgan fingerprint density at radius 2 is 0.722 bits per heavy atom. The molecule has 0 unspecified atom stereocenters. The second kappa shape index (κ2) is 37.7. The van der Waals surface area contributed by atoms with Gasteiger partial charge in [0.05, 0.1) is 82.7 Å². The first-order valence-corrected chi connectivity index (χ1v) is 33.5. The molecule has 49 nitrogen and oxygen atoms in total. The van der Waals surface area contributed by atoms with Crippen LogP contribution in [0, 0.1) is 0 Å². The lowest BCUT2D eigenvalue weighted by molar-refractivity contribution is -0.405. The number of carboxylic acid groups (broad SMARTS) is 3. The van der Waals surface area contributed by atoms with Crippen molar-refractivity contribution in [2.24, 2.45) is 0 Å². The third kappa shape index (κ3) is 19.4. The lowest BCUT2D eigenvalue weighted by Crippen LogP contribution is -2.73. The van der Waals surface area contributed by atoms with Crippen LogP contribution in [0.5, 0.6) is 0 Å². The van der Waals surface area contributed by atoms with E-state index in [9.17, 15) is 161 Å². The third-order valence-electron chi connectivity index (χ3n) is 19.1. The molecular weight excluding hydrogens is 1480 g/mol. The van der Waals surface area contributed by atoms with Crippen molar-refractivity contribution in [3.63, 3.8) is 0 Å². The predicted octanol–water partition coefficient (Wildman–Crippen LogP) is -18.1. The highest BCUT2D eigenvalue weighted by molar-refractivity contribution is 5.78. The number of aliphatic carboxylic acids is 3. The molecule has 0 aliphatic carbocycles. The average Bonchev–Trinajstić information content (AvgIpc) is 0.749. The van der Waals surface area contributed by atoms with E-state index >= 15 is 0 Å². The van der Waals surface area contributed by atoms with Gasteiger partial charge in [0.1, 0.15) is 153 Å². The van der Waals surface area contributed by atoms with Crippen molar-refractivity contribution in [2.45, 2.75) is 278 Å². The molecule has 0 aromatic heterocycles. The second-order valence-electron chi connectivity index (χ2n) is 26.8. The van der Waals surface area contributed by atoms with Gasteiger partial charge in [-0.15, -0.1) is 0 Å². The van der Waals surface area contributed by atoms with E-state index in [1.165, 1.54) is 0 Å². The number of carboxylic acids is 3. The molecule has 108 heavy (non-hydrogen) atoms. The van der Waals surface area contributed by atoms with E-state index in [1.54, 1.807) is 0 Å². The summed E-state index contributed by atoms with van der Waals surface area (Å²) in [6.45, 7) is -5.89. The molecule has 7 saturated heterocycles. The van der Waals surface area contributed by atoms with Gasteiger partial charge in [0.25, 0.3) is 17.4 Å². The zero-order valence-electron chi connectivity index (χ0n) is 57.6. The minimum atomic E-state index is -3.75. The largest absolute Gasteiger partial charge is 0.477 e. The minimum Gasteiger partial charge on any atom is -0.477 e. The number of rotatable bonds is 32. The third-order valence-corrected chi connectivity index (χ3v) is 19.1. The standard InChI is InChI=1S/C59H96N4O45/c1-15(71)60-29-19(75)5-57(54(90)91,104-45(29)33(80)22(78)8-64)103-26(12-68)37(84)47-31(62-17(3)73)21(77)7-59(106-47,56(94)95)108-49-41(88)53(100-42-27(13-69)96-50(89)39(86)38(42)85)99-28(14-70)43(49)101-51-32(63-18(4)74)44(35(82)24(10-66)97-51)102-52-40(87)48(36(83)25(11-67)98-52)107-58(55(92)93)6-20(76)30(61-16(2)72)46(105-58)34(81)23(79)9-65/h19-53,64-70,75-89H,5-14H2,1-4H3,(H,60,71)(H,61,72)(H,62,73)(H,63,74)(H,90,91)(H,92,93)(H,94,95)/t19-,20-,21-,22+,23+,24+,25+,26+,27+,28+,29+,30+,31+,32+,33+,34+,35-,36-,37+,38+,39+,40+,41+,42+,43-,44+,45+,46+,47+,48-,49+,50-,51-,52-,53-,57+,58-,59-/m0/s1. The van der Waals surface area contributed by atoms with Gasteiger partial charge in [-0.2, -0.15) is 0 Å². The Kier molecular flexibility index (Phi) is 31.4. The highest BCUT2D eigenvalue weighted by atomic mass is 16.8. The molecule has 0 spiro atoms. The number of aliphatic hydroxyl groups excluding tert-OH is 22. The molecule has 49 heteroatoms. The molecule has 0 bridgehead atoms. The van der Waals surface area contributed by atoms with Crippen LogP contribution in [0.1, 0.15) is 47.0 Å². The van der Waals surface area contributed by atoms with Crippen LogP contribution in [-0.2, 0) is 95.1 Å². The molecule has 0 saturated carbocycles. The Balaban J connectivity index is 1.31. The normalized spacial score (nSPS) is 43.4. The number of ether oxygens (including phenoxy) is 13. The highest BCUT2D eigenvalue weighted by Crippen LogP contribution is 2.44. The molecule has 29 N–H and O–H groups in total. The lowest BCUT2D eigenvalue weighted by atomic mass is 9.87. The van der Waals surface area contributed by atoms with Crippen LogP contribution >= 0.6 is 0 Å². The first-order chi connectivity index (χ1) is 50.6. The topological polar surface area (TPSA) is 793 Å². The number of carbonyl (C=O) groups is 7. The van der Waals surface area contributed by atoms with Crippen LogP contribution in [0.2, 0.25) is 0 Å². The number of aliphatic hydroxyl groups is 22. The Hall–Kier alpha value is -5.11. The van der Waals surface area contributed by atoms with Crippen LogP contribution in [0.15, 0.2) is 0 Å². The summed E-state index contributed by atoms with van der Waals surface area (Å²) in [5.74, 6) is -21.5. The lowest BCUT2D eigenvalue weighted by Gasteiger charge is -2.53. The summed E-state index contributed by atoms with van der Waals surface area (Å²) in [7, 11) is 0. The van der Waals surface area contributed by atoms with Gasteiger partial charge < -0.3 is 211 Å². The molecule has 7 aliphatic heterocycles. The van der Waals surface area contributed by atoms with Crippen LogP contribution in [0.3, 0.4) is 0 Å². The van der Waals surface area contributed by atoms with Crippen molar-refractivity contribution in [3.05, 3.63) is 0 Å². The van der Waals surface area contributed by atoms with Crippen molar-refractivity contribution in [1.29, 1.82) is 0 Å². The van der Waals surface area contributed by atoms with Gasteiger partial charge in [0, 0.05) is 47.0 Å². The minimum absolute atomic E-state index is 0.809. The van der Waals surface area contributed by atoms with Crippen LogP contribution in [-0.4, -0.2) is 447 Å². The van der Waals surface area contributed by atoms with Crippen molar-refractivity contribution in [2.75, 3.05) is 46.2 Å². The van der Waals surface area contributed by atoms with Crippen LogP contribution in [0.25, 0.3) is 0 Å². The first kappa shape index (κ1) is 90.1. The molecule has 0 aromatic carbocycles. The Morgan fingerprint density at radius 3 is 1.13 bits per heavy atom. The molecular formula is C59H96N4O45. The summed E-state index contributed by atoms with van der Waals surface area (Å²) >= 11 is 0. The second-order valence-corrected chi connectivity index (χ2v) is 26.8. The fraction of sp³-hybridized carbons (Fsp3) is 0.881. The fourth-order valence-corrected chi connectivity index (χ4v) is 13.7. The number of carbonyl (C=O) groups excluding carboxylic acids is 4. The summed E-state index contributed by atoms with van der Waals surface area (Å²) in [5.41, 5.74) is 0. The van der Waals surface area contributed by atoms with E-state index in [1.807, 2.05) is 0 Å². The van der Waals surface area contributed by atoms with Gasteiger partial charge in [-0.25, -0.2) is 14.4 Å². The van der Waals surface area contributed by atoms with Gasteiger partial charge in [0.15, 0.2) is 25.2 Å². The van der Waals surface area contributed by atoms with E-state index in [4.69, 9.17) is 61.6 Å². The summed E-state index contributed by atoms with van der Waals surface area (Å²) in [5, 5.41) is 285. The first-order valence-electron chi connectivity index (χ1n) is 33.5. The van der Waals surface area contributed by atoms with E-state index in [0.717, 1.165) is 27.7 Å². The smallest absolute Gasteiger partial charge is 0.364 e. The van der Waals surface area contributed by atoms with Gasteiger partial charge >= 0.3 is 17.9 Å². The maximum atomic E-state index is 14.2. The monoisotopic (exact) mass is 1580 g/mol.